The first-order valence-corrected chi connectivity index (χ1v) is 8.30. The lowest BCUT2D eigenvalue weighted by molar-refractivity contribution is -0.141. The molecule has 1 fully saturated rings. The normalized spacial score (nSPS) is 16.6. The van der Waals surface area contributed by atoms with Crippen molar-refractivity contribution in [2.45, 2.75) is 25.2 Å². The number of aliphatic hydroxyl groups is 1. The van der Waals surface area contributed by atoms with Gasteiger partial charge >= 0.3 is 6.18 Å². The van der Waals surface area contributed by atoms with Crippen molar-refractivity contribution in [2.24, 2.45) is 5.73 Å². The highest BCUT2D eigenvalue weighted by atomic mass is 35.5. The van der Waals surface area contributed by atoms with Crippen molar-refractivity contribution in [2.75, 3.05) is 13.1 Å². The maximum atomic E-state index is 13.0. The van der Waals surface area contributed by atoms with Crippen molar-refractivity contribution in [1.82, 2.24) is 9.88 Å². The molecule has 1 aliphatic heterocycles. The van der Waals surface area contributed by atoms with Gasteiger partial charge in [0.15, 0.2) is 0 Å². The van der Waals surface area contributed by atoms with Crippen LogP contribution in [0.25, 0.3) is 0 Å². The Bertz CT molecular complexity index is 848. The molecule has 1 amide bonds. The Kier molecular flexibility index (Phi) is 6.87. The molecule has 0 radical (unpaired) electrons. The molecule has 1 aromatic carbocycles. The third-order valence-corrected chi connectivity index (χ3v) is 4.14. The number of likely N-dealkylation sites (tertiary alicyclic amines) is 1. The number of aromatic nitrogens is 1. The molecule has 1 saturated heterocycles. The van der Waals surface area contributed by atoms with E-state index in [1.165, 1.54) is 23.1 Å². The van der Waals surface area contributed by atoms with Crippen LogP contribution in [-0.2, 0) is 12.7 Å². The summed E-state index contributed by atoms with van der Waals surface area (Å²) in [6.07, 6.45) is -4.66. The molecule has 0 unspecified atom stereocenters. The number of β-amino-alcohol motifs (C(OH)–C–C–N with tert-alkyl or cyclic N) is 1. The summed E-state index contributed by atoms with van der Waals surface area (Å²) in [5, 5.41) is 9.56. The Morgan fingerprint density at radius 3 is 2.68 bits per heavy atom. The lowest BCUT2D eigenvalue weighted by atomic mass is 10.2. The number of nitrogens with two attached hydrogens (primary N) is 1. The van der Waals surface area contributed by atoms with E-state index in [-0.39, 0.29) is 48.6 Å². The Morgan fingerprint density at radius 2 is 2.07 bits per heavy atom. The SMILES string of the molecule is Cl.NCc1cc(Oc2cccc(C(=O)N3CC[C@H](O)C3)c2)nc(C(F)(F)F)c1. The second kappa shape index (κ2) is 8.76. The van der Waals surface area contributed by atoms with E-state index in [0.29, 0.717) is 18.5 Å². The van der Waals surface area contributed by atoms with Crippen LogP contribution in [0.5, 0.6) is 11.6 Å². The first-order chi connectivity index (χ1) is 12.8. The van der Waals surface area contributed by atoms with Crippen LogP contribution in [0.1, 0.15) is 28.0 Å². The number of amides is 1. The average molecular weight is 418 g/mol. The number of carbonyl (C=O) groups excluding carboxylic acids is 1. The second-order valence-electron chi connectivity index (χ2n) is 6.22. The quantitative estimate of drug-likeness (QED) is 0.798. The highest BCUT2D eigenvalue weighted by molar-refractivity contribution is 5.94. The van der Waals surface area contributed by atoms with E-state index < -0.39 is 18.0 Å². The Balaban J connectivity index is 0.00000280. The molecule has 2 aromatic rings. The summed E-state index contributed by atoms with van der Waals surface area (Å²) in [4.78, 5) is 17.5. The first kappa shape index (κ1) is 21.9. The lowest BCUT2D eigenvalue weighted by Gasteiger charge is -2.16. The molecule has 3 rings (SSSR count). The number of hydrogen-bond donors (Lipinski definition) is 2. The fraction of sp³-hybridized carbons (Fsp3) is 0.333. The Labute approximate surface area is 165 Å². The molecule has 152 valence electrons. The molecule has 10 heteroatoms. The van der Waals surface area contributed by atoms with Gasteiger partial charge in [-0.15, -0.1) is 12.4 Å². The van der Waals surface area contributed by atoms with Crippen molar-refractivity contribution in [3.63, 3.8) is 0 Å². The zero-order chi connectivity index (χ0) is 19.6. The van der Waals surface area contributed by atoms with Crippen LogP contribution < -0.4 is 10.5 Å². The minimum atomic E-state index is -4.63. The topological polar surface area (TPSA) is 88.7 Å². The zero-order valence-electron chi connectivity index (χ0n) is 14.6. The summed E-state index contributed by atoms with van der Waals surface area (Å²) in [5.41, 5.74) is 4.89. The van der Waals surface area contributed by atoms with Gasteiger partial charge in [0.1, 0.15) is 11.4 Å². The van der Waals surface area contributed by atoms with Crippen LogP contribution in [0.15, 0.2) is 36.4 Å². The van der Waals surface area contributed by atoms with Gasteiger partial charge in [0.05, 0.1) is 6.10 Å². The standard InChI is InChI=1S/C18H18F3N3O3.ClH/c19-18(20,21)15-6-11(9-22)7-16(23-15)27-14-3-1-2-12(8-14)17(26)24-5-4-13(25)10-24;/h1-3,6-8,13,25H,4-5,9-10,22H2;1H/t13-;/m0./s1. The van der Waals surface area contributed by atoms with E-state index in [1.807, 2.05) is 0 Å². The third-order valence-electron chi connectivity index (χ3n) is 4.14. The molecule has 0 saturated carbocycles. The summed E-state index contributed by atoms with van der Waals surface area (Å²) in [6.45, 7) is 0.594. The fourth-order valence-electron chi connectivity index (χ4n) is 2.80. The van der Waals surface area contributed by atoms with Gasteiger partial charge in [-0.1, -0.05) is 6.07 Å². The van der Waals surface area contributed by atoms with Crippen LogP contribution in [-0.4, -0.2) is 40.1 Å². The predicted octanol–water partition coefficient (Wildman–Crippen LogP) is 2.98. The summed E-state index contributed by atoms with van der Waals surface area (Å²) >= 11 is 0. The number of rotatable bonds is 4. The van der Waals surface area contributed by atoms with E-state index in [0.717, 1.165) is 6.07 Å². The van der Waals surface area contributed by atoms with Gasteiger partial charge in [0.25, 0.3) is 5.91 Å². The summed E-state index contributed by atoms with van der Waals surface area (Å²) in [6, 6.07) is 8.26. The van der Waals surface area contributed by atoms with Gasteiger partial charge < -0.3 is 20.5 Å². The van der Waals surface area contributed by atoms with Crippen molar-refractivity contribution in [3.8, 4) is 11.6 Å². The van der Waals surface area contributed by atoms with Gasteiger partial charge in [-0.05, 0) is 36.2 Å². The van der Waals surface area contributed by atoms with Crippen molar-refractivity contribution >= 4 is 18.3 Å². The number of alkyl halides is 3. The molecule has 0 aliphatic carbocycles. The zero-order valence-corrected chi connectivity index (χ0v) is 15.5. The largest absolute Gasteiger partial charge is 0.439 e. The van der Waals surface area contributed by atoms with E-state index in [9.17, 15) is 23.1 Å². The van der Waals surface area contributed by atoms with Crippen molar-refractivity contribution in [3.05, 3.63) is 53.2 Å². The minimum absolute atomic E-state index is 0. The van der Waals surface area contributed by atoms with Gasteiger partial charge in [0.2, 0.25) is 5.88 Å². The number of ether oxygens (including phenoxy) is 1. The Morgan fingerprint density at radius 1 is 1.32 bits per heavy atom. The van der Waals surface area contributed by atoms with Crippen molar-refractivity contribution < 1.29 is 27.8 Å². The maximum absolute atomic E-state index is 13.0. The molecule has 1 aliphatic rings. The summed E-state index contributed by atoms with van der Waals surface area (Å²) in [7, 11) is 0. The number of halogens is 4. The van der Waals surface area contributed by atoms with Crippen LogP contribution in [0.2, 0.25) is 0 Å². The molecule has 1 atom stereocenters. The predicted molar refractivity (Wildman–Crippen MR) is 97.4 cm³/mol. The number of pyridine rings is 1. The number of benzene rings is 1. The third kappa shape index (κ3) is 5.12. The minimum Gasteiger partial charge on any atom is -0.439 e. The van der Waals surface area contributed by atoms with Crippen LogP contribution >= 0.6 is 12.4 Å². The number of aliphatic hydroxyl groups excluding tert-OH is 1. The molecule has 2 heterocycles. The van der Waals surface area contributed by atoms with E-state index in [2.05, 4.69) is 4.98 Å². The molecule has 1 aromatic heterocycles. The highest BCUT2D eigenvalue weighted by Gasteiger charge is 2.33. The van der Waals surface area contributed by atoms with E-state index in [1.54, 1.807) is 12.1 Å². The highest BCUT2D eigenvalue weighted by Crippen LogP contribution is 2.31. The Hall–Kier alpha value is -2.36. The van der Waals surface area contributed by atoms with E-state index in [4.69, 9.17) is 10.5 Å². The van der Waals surface area contributed by atoms with Crippen molar-refractivity contribution in [1.29, 1.82) is 0 Å². The van der Waals surface area contributed by atoms with Crippen LogP contribution in [0.4, 0.5) is 13.2 Å². The number of nitrogens with zero attached hydrogens (tertiary/aromatic N) is 2. The molecule has 3 N–H and O–H groups in total. The lowest BCUT2D eigenvalue weighted by Crippen LogP contribution is -2.29. The summed E-state index contributed by atoms with van der Waals surface area (Å²) in [5.74, 6) is -0.362. The molecular weight excluding hydrogens is 399 g/mol. The monoisotopic (exact) mass is 417 g/mol. The fourth-order valence-corrected chi connectivity index (χ4v) is 2.80. The molecule has 6 nitrogen and oxygen atoms in total. The molecular formula is C18H19ClF3N3O3. The maximum Gasteiger partial charge on any atom is 0.433 e. The van der Waals surface area contributed by atoms with Crippen LogP contribution in [0.3, 0.4) is 0 Å². The smallest absolute Gasteiger partial charge is 0.433 e. The van der Waals surface area contributed by atoms with E-state index >= 15 is 0 Å². The van der Waals surface area contributed by atoms with Gasteiger partial charge in [-0.2, -0.15) is 13.2 Å². The number of hydrogen-bond acceptors (Lipinski definition) is 5. The van der Waals surface area contributed by atoms with Gasteiger partial charge in [-0.25, -0.2) is 4.98 Å². The molecule has 0 bridgehead atoms. The van der Waals surface area contributed by atoms with Crippen LogP contribution in [0, 0.1) is 0 Å². The second-order valence-corrected chi connectivity index (χ2v) is 6.22. The average Bonchev–Trinajstić information content (AvgIpc) is 3.06. The summed E-state index contributed by atoms with van der Waals surface area (Å²) < 4.78 is 44.3. The van der Waals surface area contributed by atoms with Gasteiger partial charge in [0, 0.05) is 31.3 Å². The molecule has 28 heavy (non-hydrogen) atoms. The molecule has 0 spiro atoms. The first-order valence-electron chi connectivity index (χ1n) is 8.30. The van der Waals surface area contributed by atoms with Gasteiger partial charge in [-0.3, -0.25) is 4.79 Å². The number of carbonyl (C=O) groups is 1.